The molecule has 92 valence electrons. The second kappa shape index (κ2) is 4.81. The molecule has 2 aliphatic carbocycles. The highest BCUT2D eigenvalue weighted by atomic mass is 15.0. The summed E-state index contributed by atoms with van der Waals surface area (Å²) < 4.78 is 0. The third-order valence-corrected chi connectivity index (χ3v) is 4.51. The van der Waals surface area contributed by atoms with Gasteiger partial charge in [-0.3, -0.25) is 0 Å². The van der Waals surface area contributed by atoms with E-state index in [1.54, 1.807) is 5.56 Å². The predicted octanol–water partition coefficient (Wildman–Crippen LogP) is 3.77. The van der Waals surface area contributed by atoms with E-state index >= 15 is 0 Å². The van der Waals surface area contributed by atoms with E-state index in [-0.39, 0.29) is 0 Å². The standard InChI is InChI=1S/C16H23N/c1-12-6-8-13(9-7-12)14-10-16(11-14)17-15-4-2-3-5-15/h6-9,14-17H,2-5,10-11H2,1H3. The molecule has 2 fully saturated rings. The lowest BCUT2D eigenvalue weighted by Crippen LogP contribution is -2.44. The molecule has 0 spiro atoms. The lowest BCUT2D eigenvalue weighted by atomic mass is 9.75. The quantitative estimate of drug-likeness (QED) is 0.832. The van der Waals surface area contributed by atoms with E-state index in [2.05, 4.69) is 36.5 Å². The van der Waals surface area contributed by atoms with Crippen molar-refractivity contribution < 1.29 is 0 Å². The van der Waals surface area contributed by atoms with Crippen LogP contribution in [0.2, 0.25) is 0 Å². The van der Waals surface area contributed by atoms with Gasteiger partial charge in [0, 0.05) is 12.1 Å². The van der Waals surface area contributed by atoms with Crippen LogP contribution in [0.25, 0.3) is 0 Å². The van der Waals surface area contributed by atoms with Crippen LogP contribution in [0.3, 0.4) is 0 Å². The topological polar surface area (TPSA) is 12.0 Å². The van der Waals surface area contributed by atoms with Crippen molar-refractivity contribution in [1.82, 2.24) is 5.32 Å². The van der Waals surface area contributed by atoms with Crippen molar-refractivity contribution in [1.29, 1.82) is 0 Å². The minimum absolute atomic E-state index is 0.796. The lowest BCUT2D eigenvalue weighted by Gasteiger charge is -2.38. The molecule has 1 aromatic rings. The molecule has 17 heavy (non-hydrogen) atoms. The van der Waals surface area contributed by atoms with Crippen LogP contribution in [-0.2, 0) is 0 Å². The Morgan fingerprint density at radius 3 is 2.24 bits per heavy atom. The van der Waals surface area contributed by atoms with Gasteiger partial charge in [-0.1, -0.05) is 42.7 Å². The summed E-state index contributed by atoms with van der Waals surface area (Å²) in [7, 11) is 0. The predicted molar refractivity (Wildman–Crippen MR) is 72.3 cm³/mol. The SMILES string of the molecule is Cc1ccc(C2CC(NC3CCCC3)C2)cc1. The second-order valence-electron chi connectivity index (χ2n) is 5.92. The van der Waals surface area contributed by atoms with Crippen LogP contribution < -0.4 is 5.32 Å². The van der Waals surface area contributed by atoms with Crippen LogP contribution >= 0.6 is 0 Å². The zero-order chi connectivity index (χ0) is 11.7. The second-order valence-corrected chi connectivity index (χ2v) is 5.92. The van der Waals surface area contributed by atoms with Gasteiger partial charge < -0.3 is 5.32 Å². The number of benzene rings is 1. The van der Waals surface area contributed by atoms with Gasteiger partial charge in [0.15, 0.2) is 0 Å². The highest BCUT2D eigenvalue weighted by molar-refractivity contribution is 5.26. The van der Waals surface area contributed by atoms with Crippen LogP contribution in [0, 0.1) is 6.92 Å². The fourth-order valence-electron chi connectivity index (χ4n) is 3.29. The smallest absolute Gasteiger partial charge is 0.00813 e. The maximum absolute atomic E-state index is 3.83. The summed E-state index contributed by atoms with van der Waals surface area (Å²) in [6, 6.07) is 10.7. The van der Waals surface area contributed by atoms with Crippen LogP contribution in [0.4, 0.5) is 0 Å². The average Bonchev–Trinajstić information content (AvgIpc) is 2.77. The number of hydrogen-bond donors (Lipinski definition) is 1. The van der Waals surface area contributed by atoms with E-state index in [9.17, 15) is 0 Å². The molecule has 0 saturated heterocycles. The number of rotatable bonds is 3. The van der Waals surface area contributed by atoms with Crippen molar-refractivity contribution in [2.75, 3.05) is 0 Å². The Morgan fingerprint density at radius 2 is 1.59 bits per heavy atom. The van der Waals surface area contributed by atoms with Crippen molar-refractivity contribution >= 4 is 0 Å². The van der Waals surface area contributed by atoms with E-state index in [1.807, 2.05) is 0 Å². The molecule has 1 aromatic carbocycles. The molecule has 0 aromatic heterocycles. The summed E-state index contributed by atoms with van der Waals surface area (Å²) >= 11 is 0. The minimum Gasteiger partial charge on any atom is -0.311 e. The van der Waals surface area contributed by atoms with Crippen molar-refractivity contribution in [3.05, 3.63) is 35.4 Å². The van der Waals surface area contributed by atoms with E-state index < -0.39 is 0 Å². The Hall–Kier alpha value is -0.820. The highest BCUT2D eigenvalue weighted by Crippen LogP contribution is 2.37. The first-order chi connectivity index (χ1) is 8.31. The molecule has 0 amide bonds. The van der Waals surface area contributed by atoms with Crippen LogP contribution in [0.1, 0.15) is 55.6 Å². The Kier molecular flexibility index (Phi) is 3.19. The molecule has 0 heterocycles. The molecule has 2 aliphatic rings. The van der Waals surface area contributed by atoms with Crippen molar-refractivity contribution in [3.8, 4) is 0 Å². The third-order valence-electron chi connectivity index (χ3n) is 4.51. The van der Waals surface area contributed by atoms with Gasteiger partial charge >= 0.3 is 0 Å². The molecular formula is C16H23N. The molecule has 0 atom stereocenters. The van der Waals surface area contributed by atoms with Gasteiger partial charge in [0.05, 0.1) is 0 Å². The van der Waals surface area contributed by atoms with Crippen molar-refractivity contribution in [2.24, 2.45) is 0 Å². The van der Waals surface area contributed by atoms with Gasteiger partial charge in [0.25, 0.3) is 0 Å². The highest BCUT2D eigenvalue weighted by Gasteiger charge is 2.31. The van der Waals surface area contributed by atoms with Crippen molar-refractivity contribution in [3.63, 3.8) is 0 Å². The van der Waals surface area contributed by atoms with Crippen LogP contribution in [0.5, 0.6) is 0 Å². The summed E-state index contributed by atoms with van der Waals surface area (Å²) in [4.78, 5) is 0. The normalized spacial score (nSPS) is 29.2. The van der Waals surface area contributed by atoms with Crippen molar-refractivity contribution in [2.45, 2.75) is 63.5 Å². The van der Waals surface area contributed by atoms with Gasteiger partial charge in [0.2, 0.25) is 0 Å². The molecule has 0 unspecified atom stereocenters. The molecule has 0 aliphatic heterocycles. The molecule has 0 radical (unpaired) electrons. The van der Waals surface area contributed by atoms with Gasteiger partial charge in [0.1, 0.15) is 0 Å². The first-order valence-corrected chi connectivity index (χ1v) is 7.14. The Labute approximate surface area is 105 Å². The molecule has 1 nitrogen and oxygen atoms in total. The lowest BCUT2D eigenvalue weighted by molar-refractivity contribution is 0.265. The van der Waals surface area contributed by atoms with Gasteiger partial charge in [-0.05, 0) is 44.1 Å². The Bertz CT molecular complexity index is 356. The monoisotopic (exact) mass is 229 g/mol. The van der Waals surface area contributed by atoms with E-state index in [1.165, 1.54) is 44.1 Å². The first-order valence-electron chi connectivity index (χ1n) is 7.14. The largest absolute Gasteiger partial charge is 0.311 e. The molecule has 3 rings (SSSR count). The molecule has 2 saturated carbocycles. The number of aryl methyl sites for hydroxylation is 1. The molecular weight excluding hydrogens is 206 g/mol. The molecule has 1 N–H and O–H groups in total. The van der Waals surface area contributed by atoms with Gasteiger partial charge in [-0.25, -0.2) is 0 Å². The fraction of sp³-hybridized carbons (Fsp3) is 0.625. The van der Waals surface area contributed by atoms with Crippen LogP contribution in [0.15, 0.2) is 24.3 Å². The fourth-order valence-corrected chi connectivity index (χ4v) is 3.29. The Morgan fingerprint density at radius 1 is 0.941 bits per heavy atom. The van der Waals surface area contributed by atoms with Gasteiger partial charge in [-0.2, -0.15) is 0 Å². The minimum atomic E-state index is 0.796. The summed E-state index contributed by atoms with van der Waals surface area (Å²) in [5, 5.41) is 3.83. The number of hydrogen-bond acceptors (Lipinski definition) is 1. The third kappa shape index (κ3) is 2.55. The summed E-state index contributed by atoms with van der Waals surface area (Å²) in [5.74, 6) is 0.814. The molecule has 1 heteroatoms. The maximum atomic E-state index is 3.83. The van der Waals surface area contributed by atoms with E-state index in [0.717, 1.165) is 18.0 Å². The zero-order valence-corrected chi connectivity index (χ0v) is 10.8. The van der Waals surface area contributed by atoms with Gasteiger partial charge in [-0.15, -0.1) is 0 Å². The molecule has 0 bridgehead atoms. The first kappa shape index (κ1) is 11.3. The van der Waals surface area contributed by atoms with E-state index in [4.69, 9.17) is 0 Å². The number of nitrogens with one attached hydrogen (secondary N) is 1. The zero-order valence-electron chi connectivity index (χ0n) is 10.8. The van der Waals surface area contributed by atoms with Crippen LogP contribution in [-0.4, -0.2) is 12.1 Å². The summed E-state index contributed by atoms with van der Waals surface area (Å²) in [6.45, 7) is 2.16. The van der Waals surface area contributed by atoms with E-state index in [0.29, 0.717) is 0 Å². The average molecular weight is 229 g/mol. The summed E-state index contributed by atoms with van der Waals surface area (Å²) in [5.41, 5.74) is 2.91. The maximum Gasteiger partial charge on any atom is 0.00813 e. The summed E-state index contributed by atoms with van der Waals surface area (Å²) in [6.07, 6.45) is 8.38. The Balaban J connectivity index is 1.49.